The van der Waals surface area contributed by atoms with Crippen molar-refractivity contribution < 1.29 is 9.53 Å². The highest BCUT2D eigenvalue weighted by Gasteiger charge is 2.23. The fourth-order valence-corrected chi connectivity index (χ4v) is 3.39. The van der Waals surface area contributed by atoms with Gasteiger partial charge in [-0.15, -0.1) is 24.0 Å². The van der Waals surface area contributed by atoms with Crippen LogP contribution in [-0.2, 0) is 4.74 Å². The summed E-state index contributed by atoms with van der Waals surface area (Å²) in [5.41, 5.74) is 6.01. The van der Waals surface area contributed by atoms with Gasteiger partial charge in [-0.25, -0.2) is 4.79 Å². The maximum atomic E-state index is 11.7. The maximum absolute atomic E-state index is 11.7. The highest BCUT2D eigenvalue weighted by atomic mass is 127. The van der Waals surface area contributed by atoms with Gasteiger partial charge >= 0.3 is 6.09 Å². The van der Waals surface area contributed by atoms with Gasteiger partial charge in [0.15, 0.2) is 5.96 Å². The summed E-state index contributed by atoms with van der Waals surface area (Å²) >= 11 is 0. The first-order valence-electron chi connectivity index (χ1n) is 9.25. The van der Waals surface area contributed by atoms with Crippen LogP contribution in [0.25, 0.3) is 0 Å². The number of carbonyl (C=O) groups excluding carboxylic acids is 1. The molecule has 0 aromatic rings. The lowest BCUT2D eigenvalue weighted by Gasteiger charge is -2.31. The topological polar surface area (TPSA) is 83.2 Å². The summed E-state index contributed by atoms with van der Waals surface area (Å²) < 4.78 is 5.03. The normalized spacial score (nSPS) is 20.9. The number of rotatable bonds is 5. The molecule has 2 heterocycles. The number of nitrogens with zero attached hydrogens (tertiary/aromatic N) is 3. The maximum Gasteiger partial charge on any atom is 0.409 e. The molecule has 0 aliphatic carbocycles. The molecule has 0 saturated carbocycles. The second-order valence-corrected chi connectivity index (χ2v) is 6.91. The van der Waals surface area contributed by atoms with Gasteiger partial charge in [-0.3, -0.25) is 4.99 Å². The average molecular weight is 467 g/mol. The minimum Gasteiger partial charge on any atom is -0.450 e. The first-order valence-corrected chi connectivity index (χ1v) is 9.25. The van der Waals surface area contributed by atoms with E-state index in [-0.39, 0.29) is 30.1 Å². The Balaban J connectivity index is 0.00000312. The number of likely N-dealkylation sites (tertiary alicyclic amines) is 2. The minimum atomic E-state index is -0.212. The SMILES string of the molecule is CCOC(=O)N1CCC(NC(N)=NCCC2CCN(C)CC2)CC1.I. The molecule has 0 unspecified atom stereocenters. The van der Waals surface area contributed by atoms with Crippen LogP contribution in [0.2, 0.25) is 0 Å². The molecule has 2 aliphatic heterocycles. The number of piperidine rings is 2. The Morgan fingerprint density at radius 3 is 2.44 bits per heavy atom. The number of hydrogen-bond acceptors (Lipinski definition) is 4. The molecular formula is C17H34IN5O2. The van der Waals surface area contributed by atoms with E-state index >= 15 is 0 Å². The van der Waals surface area contributed by atoms with Gasteiger partial charge in [0, 0.05) is 25.7 Å². The molecule has 0 aromatic heterocycles. The Bertz CT molecular complexity index is 419. The van der Waals surface area contributed by atoms with E-state index in [1.807, 2.05) is 6.92 Å². The van der Waals surface area contributed by atoms with Crippen LogP contribution in [0.1, 0.15) is 39.0 Å². The van der Waals surface area contributed by atoms with Crippen molar-refractivity contribution in [3.8, 4) is 0 Å². The van der Waals surface area contributed by atoms with E-state index in [1.54, 1.807) is 4.90 Å². The molecule has 0 aromatic carbocycles. The van der Waals surface area contributed by atoms with Crippen molar-refractivity contribution in [3.63, 3.8) is 0 Å². The van der Waals surface area contributed by atoms with Crippen molar-refractivity contribution in [3.05, 3.63) is 0 Å². The molecule has 3 N–H and O–H groups in total. The number of hydrogen-bond donors (Lipinski definition) is 2. The van der Waals surface area contributed by atoms with Gasteiger partial charge in [0.25, 0.3) is 0 Å². The summed E-state index contributed by atoms with van der Waals surface area (Å²) in [5.74, 6) is 1.32. The van der Waals surface area contributed by atoms with Crippen molar-refractivity contribution in [1.29, 1.82) is 0 Å². The summed E-state index contributed by atoms with van der Waals surface area (Å²) in [7, 11) is 2.18. The smallest absolute Gasteiger partial charge is 0.409 e. The number of guanidine groups is 1. The fourth-order valence-electron chi connectivity index (χ4n) is 3.39. The lowest BCUT2D eigenvalue weighted by molar-refractivity contribution is 0.0963. The third-order valence-electron chi connectivity index (χ3n) is 5.03. The zero-order valence-electron chi connectivity index (χ0n) is 15.6. The third kappa shape index (κ3) is 7.98. The quantitative estimate of drug-likeness (QED) is 0.367. The van der Waals surface area contributed by atoms with E-state index in [0.717, 1.165) is 31.7 Å². The van der Waals surface area contributed by atoms with Crippen LogP contribution in [0.4, 0.5) is 4.79 Å². The Morgan fingerprint density at radius 2 is 1.84 bits per heavy atom. The van der Waals surface area contributed by atoms with Gasteiger partial charge in [-0.1, -0.05) is 0 Å². The summed E-state index contributed by atoms with van der Waals surface area (Å²) in [6, 6.07) is 0.294. The van der Waals surface area contributed by atoms with E-state index in [9.17, 15) is 4.79 Å². The Kier molecular flexibility index (Phi) is 10.5. The summed E-state index contributed by atoms with van der Waals surface area (Å²) in [6.45, 7) is 6.86. The van der Waals surface area contributed by atoms with Crippen LogP contribution in [-0.4, -0.2) is 74.3 Å². The molecule has 0 radical (unpaired) electrons. The highest BCUT2D eigenvalue weighted by molar-refractivity contribution is 14.0. The van der Waals surface area contributed by atoms with Crippen LogP contribution in [0, 0.1) is 5.92 Å². The first kappa shape index (κ1) is 22.3. The minimum absolute atomic E-state index is 0. The molecule has 8 heteroatoms. The molecule has 2 fully saturated rings. The molecule has 0 spiro atoms. The first-order chi connectivity index (χ1) is 11.6. The summed E-state index contributed by atoms with van der Waals surface area (Å²) in [6.07, 6.45) is 5.21. The molecular weight excluding hydrogens is 433 g/mol. The number of nitrogens with two attached hydrogens (primary N) is 1. The zero-order valence-corrected chi connectivity index (χ0v) is 17.9. The molecule has 7 nitrogen and oxygen atoms in total. The van der Waals surface area contributed by atoms with E-state index < -0.39 is 0 Å². The second-order valence-electron chi connectivity index (χ2n) is 6.91. The van der Waals surface area contributed by atoms with E-state index in [2.05, 4.69) is 22.3 Å². The van der Waals surface area contributed by atoms with Gasteiger partial charge in [0.1, 0.15) is 0 Å². The van der Waals surface area contributed by atoms with E-state index in [4.69, 9.17) is 10.5 Å². The van der Waals surface area contributed by atoms with Crippen molar-refractivity contribution in [2.75, 3.05) is 46.4 Å². The third-order valence-corrected chi connectivity index (χ3v) is 5.03. The highest BCUT2D eigenvalue weighted by Crippen LogP contribution is 2.19. The van der Waals surface area contributed by atoms with Crippen LogP contribution in [0.3, 0.4) is 0 Å². The standard InChI is InChI=1S/C17H33N5O2.HI/c1-3-24-17(23)22-12-7-15(8-13-22)20-16(18)19-9-4-14-5-10-21(2)11-6-14;/h14-15H,3-13H2,1-2H3,(H3,18,19,20);1H. The number of carbonyl (C=O) groups is 1. The number of halogens is 1. The molecule has 0 atom stereocenters. The average Bonchev–Trinajstić information content (AvgIpc) is 2.57. The summed E-state index contributed by atoms with van der Waals surface area (Å²) in [4.78, 5) is 20.3. The van der Waals surface area contributed by atoms with Crippen molar-refractivity contribution >= 4 is 36.0 Å². The van der Waals surface area contributed by atoms with Gasteiger partial charge in [0.2, 0.25) is 0 Å². The molecule has 25 heavy (non-hydrogen) atoms. The molecule has 2 saturated heterocycles. The molecule has 2 aliphatic rings. The predicted octanol–water partition coefficient (Wildman–Crippen LogP) is 1.86. The lowest BCUT2D eigenvalue weighted by atomic mass is 9.94. The van der Waals surface area contributed by atoms with Crippen molar-refractivity contribution in [1.82, 2.24) is 15.1 Å². The summed E-state index contributed by atoms with van der Waals surface area (Å²) in [5, 5.41) is 3.30. The van der Waals surface area contributed by atoms with E-state index in [1.165, 1.54) is 25.9 Å². The fraction of sp³-hybridized carbons (Fsp3) is 0.882. The molecule has 2 rings (SSSR count). The number of nitrogens with one attached hydrogen (secondary N) is 1. The molecule has 0 bridgehead atoms. The van der Waals surface area contributed by atoms with Gasteiger partial charge in [0.05, 0.1) is 6.61 Å². The molecule has 146 valence electrons. The van der Waals surface area contributed by atoms with Crippen LogP contribution >= 0.6 is 24.0 Å². The van der Waals surface area contributed by atoms with Crippen LogP contribution < -0.4 is 11.1 Å². The Hall–Kier alpha value is -0.770. The largest absolute Gasteiger partial charge is 0.450 e. The zero-order chi connectivity index (χ0) is 17.4. The van der Waals surface area contributed by atoms with E-state index in [0.29, 0.717) is 31.7 Å². The van der Waals surface area contributed by atoms with Crippen LogP contribution in [0.5, 0.6) is 0 Å². The van der Waals surface area contributed by atoms with Gasteiger partial charge in [-0.05, 0) is 65.1 Å². The number of aliphatic imine (C=N–C) groups is 1. The van der Waals surface area contributed by atoms with Crippen molar-refractivity contribution in [2.24, 2.45) is 16.6 Å². The number of ether oxygens (including phenoxy) is 1. The molecule has 1 amide bonds. The van der Waals surface area contributed by atoms with Crippen molar-refractivity contribution in [2.45, 2.75) is 45.1 Å². The lowest BCUT2D eigenvalue weighted by Crippen LogP contribution is -2.48. The monoisotopic (exact) mass is 467 g/mol. The Morgan fingerprint density at radius 1 is 1.20 bits per heavy atom. The second kappa shape index (κ2) is 11.8. The van der Waals surface area contributed by atoms with Gasteiger partial charge in [-0.2, -0.15) is 0 Å². The van der Waals surface area contributed by atoms with Gasteiger partial charge < -0.3 is 25.6 Å². The predicted molar refractivity (Wildman–Crippen MR) is 111 cm³/mol. The van der Waals surface area contributed by atoms with Crippen LogP contribution in [0.15, 0.2) is 4.99 Å². The number of amides is 1. The Labute approximate surface area is 168 Å².